The zero-order valence-electron chi connectivity index (χ0n) is 11.2. The largest absolute Gasteiger partial charge is 0.493 e. The molecule has 1 aromatic heterocycles. The van der Waals surface area contributed by atoms with Crippen LogP contribution in [0.15, 0.2) is 36.7 Å². The molecule has 0 aliphatic heterocycles. The first-order valence-corrected chi connectivity index (χ1v) is 6.24. The molecule has 1 atom stereocenters. The Morgan fingerprint density at radius 2 is 2.21 bits per heavy atom. The van der Waals surface area contributed by atoms with Crippen LogP contribution in [-0.2, 0) is 6.54 Å². The minimum Gasteiger partial charge on any atom is -0.493 e. The molecule has 19 heavy (non-hydrogen) atoms. The van der Waals surface area contributed by atoms with Gasteiger partial charge in [0.15, 0.2) is 11.5 Å². The summed E-state index contributed by atoms with van der Waals surface area (Å²) in [6, 6.07) is 7.62. The van der Waals surface area contributed by atoms with Crippen LogP contribution in [0.3, 0.4) is 0 Å². The third-order valence-corrected chi connectivity index (χ3v) is 2.85. The predicted molar refractivity (Wildman–Crippen MR) is 73.3 cm³/mol. The number of rotatable bonds is 6. The van der Waals surface area contributed by atoms with Gasteiger partial charge in [-0.25, -0.2) is 0 Å². The van der Waals surface area contributed by atoms with E-state index in [1.165, 1.54) is 0 Å². The molecule has 0 aliphatic carbocycles. The molecule has 0 saturated carbocycles. The Hall–Kier alpha value is -2.01. The molecule has 1 aromatic carbocycles. The maximum absolute atomic E-state index is 5.84. The minimum atomic E-state index is -0.0213. The van der Waals surface area contributed by atoms with E-state index in [0.29, 0.717) is 18.9 Å². The molecule has 5 nitrogen and oxygen atoms in total. The van der Waals surface area contributed by atoms with Crippen molar-refractivity contribution in [3.8, 4) is 11.5 Å². The smallest absolute Gasteiger partial charge is 0.161 e. The van der Waals surface area contributed by atoms with Crippen molar-refractivity contribution in [2.75, 3.05) is 13.7 Å². The number of aromatic nitrogens is 2. The lowest BCUT2D eigenvalue weighted by Crippen LogP contribution is -2.09. The molecule has 0 saturated heterocycles. The fourth-order valence-corrected chi connectivity index (χ4v) is 1.77. The number of methoxy groups -OCH3 is 1. The summed E-state index contributed by atoms with van der Waals surface area (Å²) >= 11 is 0. The van der Waals surface area contributed by atoms with E-state index in [0.717, 1.165) is 11.3 Å². The Bertz CT molecular complexity index is 509. The number of nitrogens with two attached hydrogens (primary N) is 1. The molecule has 0 bridgehead atoms. The van der Waals surface area contributed by atoms with Crippen LogP contribution in [0.5, 0.6) is 11.5 Å². The first-order valence-electron chi connectivity index (χ1n) is 6.24. The second-order valence-electron chi connectivity index (χ2n) is 4.32. The van der Waals surface area contributed by atoms with Crippen molar-refractivity contribution in [2.24, 2.45) is 5.73 Å². The third-order valence-electron chi connectivity index (χ3n) is 2.85. The Morgan fingerprint density at radius 1 is 1.37 bits per heavy atom. The summed E-state index contributed by atoms with van der Waals surface area (Å²) in [5, 5.41) is 4.12. The maximum atomic E-state index is 5.84. The van der Waals surface area contributed by atoms with Gasteiger partial charge >= 0.3 is 0 Å². The number of hydrogen-bond acceptors (Lipinski definition) is 4. The van der Waals surface area contributed by atoms with Crippen molar-refractivity contribution in [2.45, 2.75) is 19.5 Å². The molecular formula is C14H19N3O2. The van der Waals surface area contributed by atoms with Gasteiger partial charge in [0.2, 0.25) is 0 Å². The molecule has 0 unspecified atom stereocenters. The molecule has 2 aromatic rings. The molecule has 0 fully saturated rings. The van der Waals surface area contributed by atoms with E-state index < -0.39 is 0 Å². The van der Waals surface area contributed by atoms with Gasteiger partial charge < -0.3 is 15.2 Å². The first kappa shape index (κ1) is 13.4. The second-order valence-corrected chi connectivity index (χ2v) is 4.32. The van der Waals surface area contributed by atoms with Crippen molar-refractivity contribution < 1.29 is 9.47 Å². The van der Waals surface area contributed by atoms with Crippen molar-refractivity contribution in [1.82, 2.24) is 9.78 Å². The molecule has 1 heterocycles. The average molecular weight is 261 g/mol. The van der Waals surface area contributed by atoms with Gasteiger partial charge in [-0.2, -0.15) is 5.10 Å². The van der Waals surface area contributed by atoms with E-state index >= 15 is 0 Å². The van der Waals surface area contributed by atoms with Crippen LogP contribution < -0.4 is 15.2 Å². The zero-order chi connectivity index (χ0) is 13.7. The molecule has 2 rings (SSSR count). The van der Waals surface area contributed by atoms with Crippen LogP contribution in [0, 0.1) is 0 Å². The highest BCUT2D eigenvalue weighted by atomic mass is 16.5. The lowest BCUT2D eigenvalue weighted by Gasteiger charge is -2.13. The van der Waals surface area contributed by atoms with Crippen LogP contribution in [0.1, 0.15) is 18.5 Å². The SMILES string of the molecule is COc1cc([C@@H](C)N)ccc1OCCn1cccn1. The molecule has 0 aliphatic rings. The van der Waals surface area contributed by atoms with Gasteiger partial charge in [-0.15, -0.1) is 0 Å². The van der Waals surface area contributed by atoms with Crippen LogP contribution in [0.25, 0.3) is 0 Å². The highest BCUT2D eigenvalue weighted by Crippen LogP contribution is 2.29. The lowest BCUT2D eigenvalue weighted by atomic mass is 10.1. The molecule has 102 valence electrons. The summed E-state index contributed by atoms with van der Waals surface area (Å²) in [7, 11) is 1.63. The van der Waals surface area contributed by atoms with E-state index in [9.17, 15) is 0 Å². The van der Waals surface area contributed by atoms with E-state index in [4.69, 9.17) is 15.2 Å². The second kappa shape index (κ2) is 6.24. The average Bonchev–Trinajstić information content (AvgIpc) is 2.92. The van der Waals surface area contributed by atoms with Crippen molar-refractivity contribution >= 4 is 0 Å². The summed E-state index contributed by atoms with van der Waals surface area (Å²) in [6.07, 6.45) is 3.65. The van der Waals surface area contributed by atoms with Gasteiger partial charge in [0, 0.05) is 18.4 Å². The Labute approximate surface area is 112 Å². The Morgan fingerprint density at radius 3 is 2.84 bits per heavy atom. The van der Waals surface area contributed by atoms with E-state index in [2.05, 4.69) is 5.10 Å². The monoisotopic (exact) mass is 261 g/mol. The van der Waals surface area contributed by atoms with Crippen LogP contribution in [-0.4, -0.2) is 23.5 Å². The van der Waals surface area contributed by atoms with Gasteiger partial charge in [-0.1, -0.05) is 6.07 Å². The van der Waals surface area contributed by atoms with Crippen LogP contribution >= 0.6 is 0 Å². The maximum Gasteiger partial charge on any atom is 0.161 e. The molecule has 0 spiro atoms. The summed E-state index contributed by atoms with van der Waals surface area (Å²) in [4.78, 5) is 0. The number of benzene rings is 1. The van der Waals surface area contributed by atoms with Crippen molar-refractivity contribution in [3.63, 3.8) is 0 Å². The summed E-state index contributed by atoms with van der Waals surface area (Å²) in [5.74, 6) is 1.43. The number of ether oxygens (including phenoxy) is 2. The first-order chi connectivity index (χ1) is 9.20. The van der Waals surface area contributed by atoms with Crippen molar-refractivity contribution in [3.05, 3.63) is 42.2 Å². The van der Waals surface area contributed by atoms with Gasteiger partial charge in [-0.05, 0) is 30.7 Å². The third kappa shape index (κ3) is 3.48. The Kier molecular flexibility index (Phi) is 4.41. The summed E-state index contributed by atoms with van der Waals surface area (Å²) in [5.41, 5.74) is 6.87. The highest BCUT2D eigenvalue weighted by molar-refractivity contribution is 5.43. The van der Waals surface area contributed by atoms with Crippen LogP contribution in [0.4, 0.5) is 0 Å². The summed E-state index contributed by atoms with van der Waals surface area (Å²) in [6.45, 7) is 3.17. The molecule has 5 heteroatoms. The fraction of sp³-hybridized carbons (Fsp3) is 0.357. The molecule has 0 radical (unpaired) electrons. The normalized spacial score (nSPS) is 12.2. The molecule has 2 N–H and O–H groups in total. The Balaban J connectivity index is 1.99. The van der Waals surface area contributed by atoms with Crippen LogP contribution in [0.2, 0.25) is 0 Å². The standard InChI is InChI=1S/C14H19N3O2/c1-11(15)12-4-5-13(14(10-12)18-2)19-9-8-17-7-3-6-16-17/h3-7,10-11H,8-9,15H2,1-2H3/t11-/m1/s1. The lowest BCUT2D eigenvalue weighted by molar-refractivity contribution is 0.274. The summed E-state index contributed by atoms with van der Waals surface area (Å²) < 4.78 is 12.9. The van der Waals surface area contributed by atoms with E-state index in [-0.39, 0.29) is 6.04 Å². The minimum absolute atomic E-state index is 0.0213. The van der Waals surface area contributed by atoms with E-state index in [1.54, 1.807) is 13.3 Å². The predicted octanol–water partition coefficient (Wildman–Crippen LogP) is 1.99. The molecule has 0 amide bonds. The molecular weight excluding hydrogens is 242 g/mol. The van der Waals surface area contributed by atoms with Gasteiger partial charge in [0.05, 0.1) is 13.7 Å². The van der Waals surface area contributed by atoms with Gasteiger partial charge in [0.25, 0.3) is 0 Å². The topological polar surface area (TPSA) is 62.3 Å². The van der Waals surface area contributed by atoms with E-state index in [1.807, 2.05) is 42.1 Å². The van der Waals surface area contributed by atoms with Crippen molar-refractivity contribution in [1.29, 1.82) is 0 Å². The quantitative estimate of drug-likeness (QED) is 0.863. The number of nitrogens with zero attached hydrogens (tertiary/aromatic N) is 2. The number of hydrogen-bond donors (Lipinski definition) is 1. The van der Waals surface area contributed by atoms with Gasteiger partial charge in [-0.3, -0.25) is 4.68 Å². The van der Waals surface area contributed by atoms with Gasteiger partial charge in [0.1, 0.15) is 6.61 Å². The zero-order valence-corrected chi connectivity index (χ0v) is 11.2. The fourth-order valence-electron chi connectivity index (χ4n) is 1.77. The highest BCUT2D eigenvalue weighted by Gasteiger charge is 2.08.